The number of hydrogen-bond acceptors (Lipinski definition) is 6. The Balaban J connectivity index is 1.21. The lowest BCUT2D eigenvalue weighted by molar-refractivity contribution is -0.131. The van der Waals surface area contributed by atoms with Crippen LogP contribution >= 0.6 is 22.9 Å². The number of urea groups is 1. The molecular formula is C24H26ClN5O3S. The van der Waals surface area contributed by atoms with Crippen molar-refractivity contribution in [1.82, 2.24) is 9.88 Å². The Kier molecular flexibility index (Phi) is 7.87. The van der Waals surface area contributed by atoms with Crippen LogP contribution < -0.4 is 20.3 Å². The third-order valence-corrected chi connectivity index (χ3v) is 6.67. The van der Waals surface area contributed by atoms with Gasteiger partial charge in [0.05, 0.1) is 23.5 Å². The Labute approximate surface area is 207 Å². The molecule has 1 fully saturated rings. The van der Waals surface area contributed by atoms with Gasteiger partial charge in [-0.25, -0.2) is 9.78 Å². The van der Waals surface area contributed by atoms with E-state index in [-0.39, 0.29) is 11.9 Å². The van der Waals surface area contributed by atoms with E-state index in [4.69, 9.17) is 16.3 Å². The van der Waals surface area contributed by atoms with Gasteiger partial charge >= 0.3 is 6.03 Å². The predicted molar refractivity (Wildman–Crippen MR) is 136 cm³/mol. The first kappa shape index (κ1) is 23.8. The molecule has 2 N–H and O–H groups in total. The average molecular weight is 500 g/mol. The van der Waals surface area contributed by atoms with Gasteiger partial charge in [-0.2, -0.15) is 0 Å². The van der Waals surface area contributed by atoms with Gasteiger partial charge in [-0.15, -0.1) is 11.3 Å². The van der Waals surface area contributed by atoms with Crippen LogP contribution in [-0.4, -0.2) is 55.1 Å². The normalized spacial score (nSPS) is 13.5. The van der Waals surface area contributed by atoms with Crippen molar-refractivity contribution in [3.05, 3.63) is 64.6 Å². The van der Waals surface area contributed by atoms with Crippen molar-refractivity contribution in [2.45, 2.75) is 12.8 Å². The van der Waals surface area contributed by atoms with Crippen LogP contribution in [0.15, 0.2) is 53.9 Å². The van der Waals surface area contributed by atoms with E-state index in [2.05, 4.69) is 20.5 Å². The van der Waals surface area contributed by atoms with Crippen LogP contribution in [-0.2, 0) is 11.2 Å². The number of aryl methyl sites for hydroxylation is 1. The molecule has 8 nitrogen and oxygen atoms in total. The summed E-state index contributed by atoms with van der Waals surface area (Å²) >= 11 is 7.63. The first-order valence-corrected chi connectivity index (χ1v) is 12.2. The number of nitrogens with zero attached hydrogens (tertiary/aromatic N) is 3. The molecule has 1 aliphatic heterocycles. The summed E-state index contributed by atoms with van der Waals surface area (Å²) in [4.78, 5) is 33.4. The highest BCUT2D eigenvalue weighted by Gasteiger charge is 2.22. The molecule has 0 atom stereocenters. The van der Waals surface area contributed by atoms with Gasteiger partial charge in [-0.05, 0) is 42.8 Å². The SMILES string of the molecule is COc1ccc(NC(=O)Nc2nc(CCC(=O)N3CCN(c4ccccc4Cl)CC3)cs2)cc1. The lowest BCUT2D eigenvalue weighted by Gasteiger charge is -2.36. The minimum atomic E-state index is -0.376. The van der Waals surface area contributed by atoms with Gasteiger partial charge in [0.25, 0.3) is 0 Å². The van der Waals surface area contributed by atoms with Gasteiger partial charge in [0.2, 0.25) is 5.91 Å². The number of rotatable bonds is 7. The monoisotopic (exact) mass is 499 g/mol. The van der Waals surface area contributed by atoms with Crippen LogP contribution in [0, 0.1) is 0 Å². The number of amides is 3. The quantitative estimate of drug-likeness (QED) is 0.490. The Bertz CT molecular complexity index is 1130. The molecule has 0 spiro atoms. The number of halogens is 1. The molecule has 2 aromatic carbocycles. The van der Waals surface area contributed by atoms with Crippen molar-refractivity contribution in [2.24, 2.45) is 0 Å². The van der Waals surface area contributed by atoms with Crippen molar-refractivity contribution in [3.63, 3.8) is 0 Å². The Hall–Kier alpha value is -3.30. The zero-order valence-electron chi connectivity index (χ0n) is 18.8. The molecule has 34 heavy (non-hydrogen) atoms. The summed E-state index contributed by atoms with van der Waals surface area (Å²) in [6.45, 7) is 2.84. The van der Waals surface area contributed by atoms with Gasteiger partial charge in [0.1, 0.15) is 5.75 Å². The number of ether oxygens (including phenoxy) is 1. The number of thiazole rings is 1. The van der Waals surface area contributed by atoms with Crippen molar-refractivity contribution < 1.29 is 14.3 Å². The first-order valence-electron chi connectivity index (χ1n) is 11.0. The molecule has 0 unspecified atom stereocenters. The largest absolute Gasteiger partial charge is 0.497 e. The second kappa shape index (κ2) is 11.2. The van der Waals surface area contributed by atoms with E-state index in [1.165, 1.54) is 11.3 Å². The summed E-state index contributed by atoms with van der Waals surface area (Å²) in [6.07, 6.45) is 0.912. The second-order valence-electron chi connectivity index (χ2n) is 7.77. The third kappa shape index (κ3) is 6.18. The lowest BCUT2D eigenvalue weighted by atomic mass is 10.2. The highest BCUT2D eigenvalue weighted by atomic mass is 35.5. The molecule has 2 heterocycles. The predicted octanol–water partition coefficient (Wildman–Crippen LogP) is 4.73. The lowest BCUT2D eigenvalue weighted by Crippen LogP contribution is -2.48. The maximum absolute atomic E-state index is 12.7. The van der Waals surface area contributed by atoms with E-state index in [9.17, 15) is 9.59 Å². The third-order valence-electron chi connectivity index (χ3n) is 5.54. The molecule has 1 saturated heterocycles. The Morgan fingerprint density at radius 2 is 1.79 bits per heavy atom. The first-order chi connectivity index (χ1) is 16.5. The molecule has 1 aromatic heterocycles. The fourth-order valence-electron chi connectivity index (χ4n) is 3.71. The van der Waals surface area contributed by atoms with E-state index < -0.39 is 0 Å². The van der Waals surface area contributed by atoms with E-state index in [1.807, 2.05) is 34.5 Å². The van der Waals surface area contributed by atoms with E-state index in [0.29, 0.717) is 42.5 Å². The highest BCUT2D eigenvalue weighted by Crippen LogP contribution is 2.26. The highest BCUT2D eigenvalue weighted by molar-refractivity contribution is 7.13. The molecule has 0 aliphatic carbocycles. The molecule has 0 bridgehead atoms. The van der Waals surface area contributed by atoms with Crippen LogP contribution in [0.5, 0.6) is 5.75 Å². The zero-order valence-corrected chi connectivity index (χ0v) is 20.4. The number of para-hydroxylation sites is 1. The average Bonchev–Trinajstić information content (AvgIpc) is 3.30. The smallest absolute Gasteiger partial charge is 0.325 e. The van der Waals surface area contributed by atoms with Gasteiger partial charge in [0.15, 0.2) is 5.13 Å². The number of anilines is 3. The van der Waals surface area contributed by atoms with Crippen molar-refractivity contribution >= 4 is 51.4 Å². The minimum Gasteiger partial charge on any atom is -0.497 e. The summed E-state index contributed by atoms with van der Waals surface area (Å²) in [5.41, 5.74) is 2.44. The van der Waals surface area contributed by atoms with Crippen LogP contribution in [0.25, 0.3) is 0 Å². The van der Waals surface area contributed by atoms with Gasteiger partial charge < -0.3 is 19.9 Å². The zero-order chi connectivity index (χ0) is 23.9. The van der Waals surface area contributed by atoms with E-state index >= 15 is 0 Å². The molecule has 3 amide bonds. The maximum Gasteiger partial charge on any atom is 0.325 e. The molecule has 0 radical (unpaired) electrons. The topological polar surface area (TPSA) is 86.8 Å². The standard InChI is InChI=1S/C24H26ClN5O3S/c1-33-19-9-6-17(7-10-19)26-23(32)28-24-27-18(16-34-24)8-11-22(31)30-14-12-29(13-15-30)21-5-3-2-4-20(21)25/h2-7,9-10,16H,8,11-15H2,1H3,(H2,26,27,28,32). The summed E-state index contributed by atoms with van der Waals surface area (Å²) in [5, 5.41) is 8.56. The second-order valence-corrected chi connectivity index (χ2v) is 9.04. The molecule has 0 saturated carbocycles. The van der Waals surface area contributed by atoms with Crippen LogP contribution in [0.1, 0.15) is 12.1 Å². The van der Waals surface area contributed by atoms with E-state index in [0.717, 1.165) is 29.5 Å². The van der Waals surface area contributed by atoms with Crippen molar-refractivity contribution in [3.8, 4) is 5.75 Å². The fraction of sp³-hybridized carbons (Fsp3) is 0.292. The van der Waals surface area contributed by atoms with Crippen LogP contribution in [0.2, 0.25) is 5.02 Å². The fourth-order valence-corrected chi connectivity index (χ4v) is 4.71. The number of nitrogens with one attached hydrogen (secondary N) is 2. The van der Waals surface area contributed by atoms with Crippen molar-refractivity contribution in [1.29, 1.82) is 0 Å². The number of aromatic nitrogens is 1. The molecule has 10 heteroatoms. The molecule has 4 rings (SSSR count). The summed E-state index contributed by atoms with van der Waals surface area (Å²) in [5.74, 6) is 0.825. The molecule has 178 valence electrons. The number of piperazine rings is 1. The van der Waals surface area contributed by atoms with E-state index in [1.54, 1.807) is 31.4 Å². The molecule has 3 aromatic rings. The Morgan fingerprint density at radius 3 is 2.50 bits per heavy atom. The van der Waals surface area contributed by atoms with Gasteiger partial charge in [-0.1, -0.05) is 23.7 Å². The van der Waals surface area contributed by atoms with Crippen LogP contribution in [0.3, 0.4) is 0 Å². The number of carbonyl (C=O) groups excluding carboxylic acids is 2. The number of methoxy groups -OCH3 is 1. The summed E-state index contributed by atoms with van der Waals surface area (Å²) in [7, 11) is 1.59. The van der Waals surface area contributed by atoms with Crippen LogP contribution in [0.4, 0.5) is 21.3 Å². The number of hydrogen-bond donors (Lipinski definition) is 2. The number of benzene rings is 2. The summed E-state index contributed by atoms with van der Waals surface area (Å²) < 4.78 is 5.11. The summed E-state index contributed by atoms with van der Waals surface area (Å²) in [6, 6.07) is 14.4. The molecule has 1 aliphatic rings. The Morgan fingerprint density at radius 1 is 1.06 bits per heavy atom. The number of carbonyl (C=O) groups is 2. The maximum atomic E-state index is 12.7. The van der Waals surface area contributed by atoms with Gasteiger partial charge in [-0.3, -0.25) is 10.1 Å². The minimum absolute atomic E-state index is 0.110. The molecular weight excluding hydrogens is 474 g/mol. The van der Waals surface area contributed by atoms with Crippen molar-refractivity contribution in [2.75, 3.05) is 48.8 Å². The van der Waals surface area contributed by atoms with Gasteiger partial charge in [0, 0.05) is 43.7 Å².